The molecule has 1 heterocycles. The summed E-state index contributed by atoms with van der Waals surface area (Å²) in [4.78, 5) is 44.4. The van der Waals surface area contributed by atoms with Crippen LogP contribution in [0.5, 0.6) is 0 Å². The number of anilines is 2. The van der Waals surface area contributed by atoms with E-state index in [2.05, 4.69) is 15.3 Å². The largest absolute Gasteiger partial charge is 0.382 e. The molecule has 8 nitrogen and oxygen atoms in total. The van der Waals surface area contributed by atoms with Crippen molar-refractivity contribution in [3.63, 3.8) is 0 Å². The third kappa shape index (κ3) is 5.06. The molecule has 0 saturated heterocycles. The van der Waals surface area contributed by atoms with Crippen molar-refractivity contribution in [3.8, 4) is 0 Å². The number of carbonyl (C=O) groups excluding carboxylic acids is 2. The van der Waals surface area contributed by atoms with E-state index in [1.54, 1.807) is 4.90 Å². The number of carbonyl (C=O) groups is 2. The predicted octanol–water partition coefficient (Wildman–Crippen LogP) is 1.84. The van der Waals surface area contributed by atoms with Crippen LogP contribution in [-0.4, -0.2) is 45.5 Å². The number of amides is 2. The van der Waals surface area contributed by atoms with Gasteiger partial charge in [-0.1, -0.05) is 11.8 Å². The highest BCUT2D eigenvalue weighted by atomic mass is 32.2. The number of halogens is 2. The highest BCUT2D eigenvalue weighted by molar-refractivity contribution is 7.99. The minimum absolute atomic E-state index is 0.0601. The number of aromatic nitrogens is 2. The van der Waals surface area contributed by atoms with Gasteiger partial charge in [-0.3, -0.25) is 19.4 Å². The van der Waals surface area contributed by atoms with Crippen molar-refractivity contribution in [2.75, 3.05) is 29.9 Å². The van der Waals surface area contributed by atoms with Crippen LogP contribution < -0.4 is 16.6 Å². The predicted molar refractivity (Wildman–Crippen MR) is 102 cm³/mol. The van der Waals surface area contributed by atoms with Crippen LogP contribution in [0.4, 0.5) is 20.3 Å². The molecule has 28 heavy (non-hydrogen) atoms. The van der Waals surface area contributed by atoms with E-state index >= 15 is 0 Å². The Morgan fingerprint density at radius 2 is 1.93 bits per heavy atom. The summed E-state index contributed by atoms with van der Waals surface area (Å²) in [6.07, 6.45) is 0. The maximum atomic E-state index is 13.3. The van der Waals surface area contributed by atoms with Gasteiger partial charge in [0.1, 0.15) is 5.69 Å². The lowest BCUT2D eigenvalue weighted by Gasteiger charge is -2.18. The molecule has 0 radical (unpaired) electrons. The van der Waals surface area contributed by atoms with E-state index in [-0.39, 0.29) is 33.9 Å². The van der Waals surface area contributed by atoms with Crippen molar-refractivity contribution in [1.82, 2.24) is 14.9 Å². The molecule has 0 saturated carbocycles. The summed E-state index contributed by atoms with van der Waals surface area (Å²) >= 11 is 1.00. The van der Waals surface area contributed by atoms with Gasteiger partial charge in [-0.25, -0.2) is 13.8 Å². The maximum Gasteiger partial charge on any atom is 0.277 e. The van der Waals surface area contributed by atoms with Crippen molar-refractivity contribution >= 4 is 35.1 Å². The van der Waals surface area contributed by atoms with E-state index in [1.165, 1.54) is 0 Å². The number of H-pyrrole nitrogens is 1. The first-order valence-electron chi connectivity index (χ1n) is 8.33. The Kier molecular flexibility index (Phi) is 7.10. The molecular formula is C17H19F2N5O3S. The van der Waals surface area contributed by atoms with E-state index in [0.717, 1.165) is 23.9 Å². The summed E-state index contributed by atoms with van der Waals surface area (Å²) in [7, 11) is 0. The number of rotatable bonds is 7. The molecule has 0 aliphatic carbocycles. The van der Waals surface area contributed by atoms with Crippen LogP contribution in [0.3, 0.4) is 0 Å². The van der Waals surface area contributed by atoms with Gasteiger partial charge >= 0.3 is 0 Å². The molecule has 2 rings (SSSR count). The fraction of sp³-hybridized carbons (Fsp3) is 0.294. The fourth-order valence-corrected chi connectivity index (χ4v) is 3.05. The topological polar surface area (TPSA) is 121 Å². The van der Waals surface area contributed by atoms with Gasteiger partial charge in [0.2, 0.25) is 5.91 Å². The molecule has 150 valence electrons. The van der Waals surface area contributed by atoms with Gasteiger partial charge in [0, 0.05) is 18.7 Å². The van der Waals surface area contributed by atoms with Crippen LogP contribution >= 0.6 is 11.8 Å². The molecule has 11 heteroatoms. The van der Waals surface area contributed by atoms with E-state index in [4.69, 9.17) is 5.73 Å². The molecule has 2 amide bonds. The second-order valence-corrected chi connectivity index (χ2v) is 6.53. The number of thioether (sulfide) groups is 1. The molecule has 2 aromatic rings. The number of nitrogens with zero attached hydrogens (tertiary/aromatic N) is 2. The molecule has 1 aromatic carbocycles. The second kappa shape index (κ2) is 9.31. The molecule has 0 fully saturated rings. The first kappa shape index (κ1) is 21.4. The normalized spacial score (nSPS) is 10.6. The van der Waals surface area contributed by atoms with E-state index in [0.29, 0.717) is 19.2 Å². The summed E-state index contributed by atoms with van der Waals surface area (Å²) in [5.74, 6) is -3.47. The molecular weight excluding hydrogens is 392 g/mol. The molecule has 0 bridgehead atoms. The number of hydrogen-bond donors (Lipinski definition) is 3. The summed E-state index contributed by atoms with van der Waals surface area (Å²) in [5, 5.41) is 2.35. The third-order valence-corrected chi connectivity index (χ3v) is 4.65. The Morgan fingerprint density at radius 3 is 2.50 bits per heavy atom. The number of nitrogens with one attached hydrogen (secondary N) is 2. The summed E-state index contributed by atoms with van der Waals surface area (Å²) in [6.45, 7) is 4.84. The van der Waals surface area contributed by atoms with Crippen molar-refractivity contribution in [2.45, 2.75) is 19.0 Å². The minimum Gasteiger partial charge on any atom is -0.382 e. The van der Waals surface area contributed by atoms with Crippen LogP contribution in [0.15, 0.2) is 28.2 Å². The molecule has 0 aliphatic heterocycles. The third-order valence-electron chi connectivity index (χ3n) is 3.79. The Hall–Kier alpha value is -2.95. The summed E-state index contributed by atoms with van der Waals surface area (Å²) < 4.78 is 26.2. The van der Waals surface area contributed by atoms with Crippen molar-refractivity contribution in [1.29, 1.82) is 0 Å². The van der Waals surface area contributed by atoms with E-state index in [9.17, 15) is 23.2 Å². The minimum atomic E-state index is -1.20. The Bertz CT molecular complexity index is 947. The average Bonchev–Trinajstić information content (AvgIpc) is 2.66. The standard InChI is InChI=1S/C17H19F2N5O3S/c1-3-24(4-2)12(25)8-28-17-22-14(20)13(16(27)23-17)21-15(26)9-5-6-10(18)11(19)7-9/h5-7H,3-4,8H2,1-2H3,(H,21,26)(H3,20,22,23,27). The zero-order chi connectivity index (χ0) is 20.8. The van der Waals surface area contributed by atoms with Crippen LogP contribution in [0.2, 0.25) is 0 Å². The van der Waals surface area contributed by atoms with Gasteiger partial charge in [-0.05, 0) is 32.0 Å². The Labute approximate surface area is 163 Å². The number of benzene rings is 1. The SMILES string of the molecule is CCN(CC)C(=O)CSc1nc(N)c(NC(=O)c2ccc(F)c(F)c2)c(=O)[nH]1. The number of aromatic amines is 1. The first-order valence-corrected chi connectivity index (χ1v) is 9.32. The Balaban J connectivity index is 2.13. The van der Waals surface area contributed by atoms with Crippen LogP contribution in [0, 0.1) is 11.6 Å². The lowest BCUT2D eigenvalue weighted by molar-refractivity contribution is -0.127. The van der Waals surface area contributed by atoms with Crippen LogP contribution in [0.25, 0.3) is 0 Å². The smallest absolute Gasteiger partial charge is 0.277 e. The van der Waals surface area contributed by atoms with E-state index < -0.39 is 23.1 Å². The fourth-order valence-electron chi connectivity index (χ4n) is 2.28. The summed E-state index contributed by atoms with van der Waals surface area (Å²) in [6, 6.07) is 2.56. The molecule has 0 spiro atoms. The molecule has 0 atom stereocenters. The zero-order valence-electron chi connectivity index (χ0n) is 15.2. The maximum absolute atomic E-state index is 13.3. The van der Waals surface area contributed by atoms with Gasteiger partial charge in [0.25, 0.3) is 11.5 Å². The lowest BCUT2D eigenvalue weighted by Crippen LogP contribution is -2.32. The molecule has 4 N–H and O–H groups in total. The quantitative estimate of drug-likeness (QED) is 0.472. The average molecular weight is 411 g/mol. The van der Waals surface area contributed by atoms with Crippen molar-refractivity contribution in [3.05, 3.63) is 45.8 Å². The lowest BCUT2D eigenvalue weighted by atomic mass is 10.2. The zero-order valence-corrected chi connectivity index (χ0v) is 16.0. The molecule has 0 unspecified atom stereocenters. The Morgan fingerprint density at radius 1 is 1.25 bits per heavy atom. The van der Waals surface area contributed by atoms with Crippen molar-refractivity contribution < 1.29 is 18.4 Å². The van der Waals surface area contributed by atoms with Gasteiger partial charge in [0.15, 0.2) is 22.6 Å². The van der Waals surface area contributed by atoms with E-state index in [1.807, 2.05) is 13.8 Å². The number of hydrogen-bond acceptors (Lipinski definition) is 6. The van der Waals surface area contributed by atoms with Crippen LogP contribution in [0.1, 0.15) is 24.2 Å². The van der Waals surface area contributed by atoms with Gasteiger partial charge in [-0.15, -0.1) is 0 Å². The highest BCUT2D eigenvalue weighted by Gasteiger charge is 2.17. The monoisotopic (exact) mass is 411 g/mol. The highest BCUT2D eigenvalue weighted by Crippen LogP contribution is 2.18. The van der Waals surface area contributed by atoms with Crippen molar-refractivity contribution in [2.24, 2.45) is 0 Å². The van der Waals surface area contributed by atoms with Gasteiger partial charge in [0.05, 0.1) is 5.75 Å². The molecule has 1 aromatic heterocycles. The van der Waals surface area contributed by atoms with Crippen LogP contribution in [-0.2, 0) is 4.79 Å². The molecule has 0 aliphatic rings. The number of nitrogens with two attached hydrogens (primary N) is 1. The first-order chi connectivity index (χ1) is 13.3. The summed E-state index contributed by atoms with van der Waals surface area (Å²) in [5.41, 5.74) is 4.48. The second-order valence-electron chi connectivity index (χ2n) is 5.57. The number of nitrogen functional groups attached to an aromatic ring is 1. The van der Waals surface area contributed by atoms with Gasteiger partial charge in [-0.2, -0.15) is 0 Å². The van der Waals surface area contributed by atoms with Gasteiger partial charge < -0.3 is 16.0 Å².